The lowest BCUT2D eigenvalue weighted by molar-refractivity contribution is -0.112. The summed E-state index contributed by atoms with van der Waals surface area (Å²) in [6, 6.07) is 16.3. The van der Waals surface area contributed by atoms with Gasteiger partial charge >= 0.3 is 0 Å². The standard InChI is InChI=1S/C21H17ClN4O2/c1-28-19-7-4-6-18(10-19)25-21(27)17(11-23)9-15-12-24-26(13-15)14-16-5-2-3-8-20(16)22/h2-10,12-13H,14H2,1H3,(H,25,27)/b17-9+. The predicted molar refractivity (Wildman–Crippen MR) is 108 cm³/mol. The van der Waals surface area contributed by atoms with Crippen LogP contribution in [0.3, 0.4) is 0 Å². The van der Waals surface area contributed by atoms with Crippen molar-refractivity contribution in [3.05, 3.63) is 82.6 Å². The number of amides is 1. The molecule has 0 saturated heterocycles. The fraction of sp³-hybridized carbons (Fsp3) is 0.0952. The average Bonchev–Trinajstić information content (AvgIpc) is 3.15. The molecule has 1 aromatic heterocycles. The third-order valence-corrected chi connectivity index (χ3v) is 4.32. The lowest BCUT2D eigenvalue weighted by atomic mass is 10.2. The van der Waals surface area contributed by atoms with Crippen molar-refractivity contribution in [3.63, 3.8) is 0 Å². The van der Waals surface area contributed by atoms with Gasteiger partial charge in [-0.3, -0.25) is 9.48 Å². The summed E-state index contributed by atoms with van der Waals surface area (Å²) in [4.78, 5) is 12.4. The number of hydrogen-bond donors (Lipinski definition) is 1. The first-order valence-corrected chi connectivity index (χ1v) is 8.80. The van der Waals surface area contributed by atoms with Crippen LogP contribution in [0.25, 0.3) is 6.08 Å². The van der Waals surface area contributed by atoms with Crippen LogP contribution in [0.1, 0.15) is 11.1 Å². The molecule has 140 valence electrons. The number of hydrogen-bond acceptors (Lipinski definition) is 4. The summed E-state index contributed by atoms with van der Waals surface area (Å²) >= 11 is 6.17. The molecule has 28 heavy (non-hydrogen) atoms. The van der Waals surface area contributed by atoms with Crippen molar-refractivity contribution in [3.8, 4) is 11.8 Å². The number of carbonyl (C=O) groups is 1. The predicted octanol–water partition coefficient (Wildman–Crippen LogP) is 4.14. The van der Waals surface area contributed by atoms with Crippen molar-refractivity contribution in [2.24, 2.45) is 0 Å². The number of nitriles is 1. The first kappa shape index (κ1) is 19.2. The molecule has 0 atom stereocenters. The summed E-state index contributed by atoms with van der Waals surface area (Å²) in [5, 5.41) is 17.0. The average molecular weight is 393 g/mol. The normalized spacial score (nSPS) is 11.0. The summed E-state index contributed by atoms with van der Waals surface area (Å²) in [6.07, 6.45) is 4.83. The Morgan fingerprint density at radius 1 is 1.32 bits per heavy atom. The Morgan fingerprint density at radius 2 is 2.14 bits per heavy atom. The Labute approximate surface area is 167 Å². The van der Waals surface area contributed by atoms with E-state index in [0.29, 0.717) is 28.6 Å². The van der Waals surface area contributed by atoms with Gasteiger partial charge in [0.15, 0.2) is 0 Å². The molecule has 0 aliphatic carbocycles. The van der Waals surface area contributed by atoms with Crippen molar-refractivity contribution in [1.82, 2.24) is 9.78 Å². The van der Waals surface area contributed by atoms with E-state index >= 15 is 0 Å². The molecule has 1 N–H and O–H groups in total. The summed E-state index contributed by atoms with van der Waals surface area (Å²) in [5.74, 6) is 0.107. The van der Waals surface area contributed by atoms with E-state index in [4.69, 9.17) is 16.3 Å². The molecular weight excluding hydrogens is 376 g/mol. The zero-order chi connectivity index (χ0) is 19.9. The molecule has 0 saturated carbocycles. The van der Waals surface area contributed by atoms with Gasteiger partial charge in [-0.05, 0) is 29.8 Å². The maximum absolute atomic E-state index is 12.4. The van der Waals surface area contributed by atoms with Crippen LogP contribution in [0, 0.1) is 11.3 Å². The first-order valence-electron chi connectivity index (χ1n) is 8.42. The molecule has 2 aromatic carbocycles. The maximum atomic E-state index is 12.4. The second-order valence-electron chi connectivity index (χ2n) is 5.92. The number of anilines is 1. The van der Waals surface area contributed by atoms with Gasteiger partial charge < -0.3 is 10.1 Å². The number of benzene rings is 2. The minimum atomic E-state index is -0.505. The summed E-state index contributed by atoms with van der Waals surface area (Å²) < 4.78 is 6.82. The number of ether oxygens (including phenoxy) is 1. The molecule has 3 aromatic rings. The van der Waals surface area contributed by atoms with Crippen molar-refractivity contribution in [1.29, 1.82) is 5.26 Å². The highest BCUT2D eigenvalue weighted by molar-refractivity contribution is 6.31. The Morgan fingerprint density at radius 3 is 2.89 bits per heavy atom. The van der Waals surface area contributed by atoms with Crippen LogP contribution >= 0.6 is 11.6 Å². The molecule has 1 heterocycles. The topological polar surface area (TPSA) is 79.9 Å². The van der Waals surface area contributed by atoms with Gasteiger partial charge in [-0.25, -0.2) is 0 Å². The van der Waals surface area contributed by atoms with Crippen LogP contribution in [0.15, 0.2) is 66.5 Å². The van der Waals surface area contributed by atoms with E-state index in [0.717, 1.165) is 5.56 Å². The summed E-state index contributed by atoms with van der Waals surface area (Å²) in [7, 11) is 1.54. The van der Waals surface area contributed by atoms with E-state index in [9.17, 15) is 10.1 Å². The number of methoxy groups -OCH3 is 1. The van der Waals surface area contributed by atoms with E-state index in [-0.39, 0.29) is 5.57 Å². The Bertz CT molecular complexity index is 1070. The third-order valence-electron chi connectivity index (χ3n) is 3.95. The van der Waals surface area contributed by atoms with Gasteiger partial charge in [0.1, 0.15) is 17.4 Å². The van der Waals surface area contributed by atoms with E-state index in [1.165, 1.54) is 6.08 Å². The maximum Gasteiger partial charge on any atom is 0.266 e. The second kappa shape index (κ2) is 8.89. The van der Waals surface area contributed by atoms with Gasteiger partial charge in [-0.1, -0.05) is 35.9 Å². The Hall–Kier alpha value is -3.56. The van der Waals surface area contributed by atoms with Crippen LogP contribution in [-0.2, 0) is 11.3 Å². The van der Waals surface area contributed by atoms with Gasteiger partial charge in [0, 0.05) is 28.5 Å². The number of nitrogens with zero attached hydrogens (tertiary/aromatic N) is 3. The molecule has 1 amide bonds. The monoisotopic (exact) mass is 392 g/mol. The van der Waals surface area contributed by atoms with Gasteiger partial charge in [-0.15, -0.1) is 0 Å². The molecule has 0 aliphatic rings. The molecule has 0 bridgehead atoms. The summed E-state index contributed by atoms with van der Waals surface area (Å²) in [6.45, 7) is 0.491. The fourth-order valence-electron chi connectivity index (χ4n) is 2.56. The quantitative estimate of drug-likeness (QED) is 0.505. The molecule has 6 nitrogen and oxygen atoms in total. The lowest BCUT2D eigenvalue weighted by Gasteiger charge is -2.06. The highest BCUT2D eigenvalue weighted by Crippen LogP contribution is 2.19. The van der Waals surface area contributed by atoms with Gasteiger partial charge in [0.25, 0.3) is 5.91 Å². The molecule has 3 rings (SSSR count). The number of aromatic nitrogens is 2. The molecule has 0 unspecified atom stereocenters. The highest BCUT2D eigenvalue weighted by atomic mass is 35.5. The van der Waals surface area contributed by atoms with Crippen LogP contribution in [-0.4, -0.2) is 22.8 Å². The van der Waals surface area contributed by atoms with Gasteiger partial charge in [0.2, 0.25) is 0 Å². The van der Waals surface area contributed by atoms with Crippen LogP contribution < -0.4 is 10.1 Å². The number of rotatable bonds is 6. The number of nitrogens with one attached hydrogen (secondary N) is 1. The van der Waals surface area contributed by atoms with Crippen molar-refractivity contribution in [2.45, 2.75) is 6.54 Å². The van der Waals surface area contributed by atoms with E-state index in [2.05, 4.69) is 10.4 Å². The first-order chi connectivity index (χ1) is 13.6. The zero-order valence-corrected chi connectivity index (χ0v) is 15.8. The Balaban J connectivity index is 1.73. The second-order valence-corrected chi connectivity index (χ2v) is 6.33. The molecular formula is C21H17ClN4O2. The largest absolute Gasteiger partial charge is 0.497 e. The highest BCUT2D eigenvalue weighted by Gasteiger charge is 2.11. The van der Waals surface area contributed by atoms with Crippen LogP contribution in [0.5, 0.6) is 5.75 Å². The van der Waals surface area contributed by atoms with E-state index in [1.807, 2.05) is 30.3 Å². The lowest BCUT2D eigenvalue weighted by Crippen LogP contribution is -2.13. The number of halogens is 1. The van der Waals surface area contributed by atoms with E-state index in [1.54, 1.807) is 48.5 Å². The SMILES string of the molecule is COc1cccc(NC(=O)/C(C#N)=C/c2cnn(Cc3ccccc3Cl)c2)c1. The minimum Gasteiger partial charge on any atom is -0.497 e. The summed E-state index contributed by atoms with van der Waals surface area (Å²) in [5.41, 5.74) is 2.09. The number of carbonyl (C=O) groups excluding carboxylic acids is 1. The van der Waals surface area contributed by atoms with Crippen LogP contribution in [0.2, 0.25) is 5.02 Å². The Kier molecular flexibility index (Phi) is 6.10. The van der Waals surface area contributed by atoms with Crippen molar-refractivity contribution >= 4 is 29.3 Å². The van der Waals surface area contributed by atoms with E-state index < -0.39 is 5.91 Å². The zero-order valence-electron chi connectivity index (χ0n) is 15.1. The van der Waals surface area contributed by atoms with Crippen LogP contribution in [0.4, 0.5) is 5.69 Å². The fourth-order valence-corrected chi connectivity index (χ4v) is 2.75. The molecule has 0 fully saturated rings. The molecule has 0 aliphatic heterocycles. The van der Waals surface area contributed by atoms with Crippen molar-refractivity contribution in [2.75, 3.05) is 12.4 Å². The third kappa shape index (κ3) is 4.78. The molecule has 0 radical (unpaired) electrons. The molecule has 7 heteroatoms. The van der Waals surface area contributed by atoms with Crippen molar-refractivity contribution < 1.29 is 9.53 Å². The molecule has 0 spiro atoms. The van der Waals surface area contributed by atoms with Gasteiger partial charge in [-0.2, -0.15) is 10.4 Å². The minimum absolute atomic E-state index is 0.0277. The van der Waals surface area contributed by atoms with Gasteiger partial charge in [0.05, 0.1) is 19.9 Å². The smallest absolute Gasteiger partial charge is 0.266 e.